The molecule has 1 aromatic carbocycles. The van der Waals surface area contributed by atoms with Crippen molar-refractivity contribution < 1.29 is 0 Å². The number of hydrogen-bond donors (Lipinski definition) is 2. The fraction of sp³-hybridized carbons (Fsp3) is 0.467. The van der Waals surface area contributed by atoms with Gasteiger partial charge < -0.3 is 10.7 Å². The van der Waals surface area contributed by atoms with Gasteiger partial charge in [0.15, 0.2) is 0 Å². The first-order chi connectivity index (χ1) is 8.85. The van der Waals surface area contributed by atoms with Crippen molar-refractivity contribution in [1.82, 2.24) is 4.98 Å². The van der Waals surface area contributed by atoms with Crippen molar-refractivity contribution in [2.45, 2.75) is 19.3 Å². The fourth-order valence-electron chi connectivity index (χ4n) is 2.48. The van der Waals surface area contributed by atoms with E-state index in [0.717, 1.165) is 19.4 Å². The number of benzene rings is 1. The fourth-order valence-corrected chi connectivity index (χ4v) is 3.05. The maximum absolute atomic E-state index is 5.73. The van der Waals surface area contributed by atoms with E-state index in [0.29, 0.717) is 5.92 Å². The average Bonchev–Trinajstić information content (AvgIpc) is 2.80. The van der Waals surface area contributed by atoms with E-state index < -0.39 is 0 Å². The Balaban J connectivity index is 2.10. The van der Waals surface area contributed by atoms with Crippen molar-refractivity contribution in [3.63, 3.8) is 0 Å². The van der Waals surface area contributed by atoms with E-state index in [1.54, 1.807) is 0 Å². The predicted octanol–water partition coefficient (Wildman–Crippen LogP) is 3.43. The molecule has 0 spiro atoms. The minimum Gasteiger partial charge on any atom is -0.361 e. The van der Waals surface area contributed by atoms with Gasteiger partial charge in [0.2, 0.25) is 0 Å². The van der Waals surface area contributed by atoms with Crippen LogP contribution in [-0.2, 0) is 6.42 Å². The zero-order chi connectivity index (χ0) is 12.8. The highest BCUT2D eigenvalue weighted by Crippen LogP contribution is 2.24. The van der Waals surface area contributed by atoms with Crippen LogP contribution in [0.15, 0.2) is 30.5 Å². The van der Waals surface area contributed by atoms with Gasteiger partial charge in [-0.25, -0.2) is 0 Å². The van der Waals surface area contributed by atoms with Crippen LogP contribution in [0.2, 0.25) is 0 Å². The minimum absolute atomic E-state index is 0.710. The summed E-state index contributed by atoms with van der Waals surface area (Å²) in [6.45, 7) is 0.793. The van der Waals surface area contributed by atoms with E-state index in [2.05, 4.69) is 41.7 Å². The van der Waals surface area contributed by atoms with Crippen molar-refractivity contribution in [3.05, 3.63) is 36.0 Å². The van der Waals surface area contributed by atoms with E-state index in [9.17, 15) is 0 Å². The smallest absolute Gasteiger partial charge is 0.0456 e. The van der Waals surface area contributed by atoms with Crippen LogP contribution in [-0.4, -0.2) is 23.5 Å². The molecule has 1 aromatic heterocycles. The summed E-state index contributed by atoms with van der Waals surface area (Å²) in [6.07, 6.45) is 7.86. The third-order valence-corrected chi connectivity index (χ3v) is 4.13. The molecule has 2 nitrogen and oxygen atoms in total. The Morgan fingerprint density at radius 1 is 1.28 bits per heavy atom. The van der Waals surface area contributed by atoms with Crippen molar-refractivity contribution in [2.75, 3.05) is 18.6 Å². The molecule has 1 atom stereocenters. The molecule has 0 fully saturated rings. The molecule has 0 saturated carbocycles. The second-order valence-corrected chi connectivity index (χ2v) is 5.77. The maximum atomic E-state index is 5.73. The lowest BCUT2D eigenvalue weighted by atomic mass is 9.93. The summed E-state index contributed by atoms with van der Waals surface area (Å²) in [6, 6.07) is 8.53. The number of rotatable bonds is 7. The van der Waals surface area contributed by atoms with Crippen LogP contribution >= 0.6 is 11.8 Å². The summed E-state index contributed by atoms with van der Waals surface area (Å²) in [5.74, 6) is 1.94. The highest BCUT2D eigenvalue weighted by Gasteiger charge is 2.11. The Labute approximate surface area is 113 Å². The number of aromatic nitrogens is 1. The molecule has 18 heavy (non-hydrogen) atoms. The Kier molecular flexibility index (Phi) is 5.14. The van der Waals surface area contributed by atoms with Gasteiger partial charge in [-0.2, -0.15) is 11.8 Å². The first-order valence-electron chi connectivity index (χ1n) is 6.59. The molecule has 0 aliphatic rings. The minimum atomic E-state index is 0.710. The standard InChI is InChI=1S/C15H22N2S/c1-18-9-7-12(6-8-16)10-13-11-17-15-5-3-2-4-14(13)15/h2-5,11-12,17H,6-10,16H2,1H3. The Bertz CT molecular complexity index is 478. The number of fused-ring (bicyclic) bond motifs is 1. The molecule has 0 aliphatic heterocycles. The van der Waals surface area contributed by atoms with Crippen molar-refractivity contribution in [1.29, 1.82) is 0 Å². The monoisotopic (exact) mass is 262 g/mol. The van der Waals surface area contributed by atoms with Crippen LogP contribution in [0, 0.1) is 5.92 Å². The lowest BCUT2D eigenvalue weighted by molar-refractivity contribution is 0.480. The lowest BCUT2D eigenvalue weighted by Crippen LogP contribution is -2.12. The summed E-state index contributed by atoms with van der Waals surface area (Å²) in [5, 5.41) is 1.36. The molecule has 1 heterocycles. The number of hydrogen-bond acceptors (Lipinski definition) is 2. The van der Waals surface area contributed by atoms with Crippen LogP contribution in [0.3, 0.4) is 0 Å². The zero-order valence-corrected chi connectivity index (χ0v) is 11.8. The molecule has 3 N–H and O–H groups in total. The number of nitrogens with one attached hydrogen (secondary N) is 1. The Hall–Kier alpha value is -0.930. The second-order valence-electron chi connectivity index (χ2n) is 4.79. The molecular formula is C15H22N2S. The summed E-state index contributed by atoms with van der Waals surface area (Å²) in [5.41, 5.74) is 8.40. The molecule has 0 aliphatic carbocycles. The van der Waals surface area contributed by atoms with Crippen LogP contribution < -0.4 is 5.73 Å². The zero-order valence-electron chi connectivity index (χ0n) is 11.0. The highest BCUT2D eigenvalue weighted by molar-refractivity contribution is 7.98. The van der Waals surface area contributed by atoms with Gasteiger partial charge in [0.05, 0.1) is 0 Å². The number of aromatic amines is 1. The number of para-hydroxylation sites is 1. The van der Waals surface area contributed by atoms with Gasteiger partial charge in [-0.05, 0) is 55.4 Å². The van der Waals surface area contributed by atoms with Gasteiger partial charge in [0.25, 0.3) is 0 Å². The number of nitrogens with two attached hydrogens (primary N) is 1. The third kappa shape index (κ3) is 3.30. The molecular weight excluding hydrogens is 240 g/mol. The van der Waals surface area contributed by atoms with Gasteiger partial charge in [-0.1, -0.05) is 18.2 Å². The summed E-state index contributed by atoms with van der Waals surface area (Å²) in [7, 11) is 0. The average molecular weight is 262 g/mol. The van der Waals surface area contributed by atoms with Crippen LogP contribution in [0.5, 0.6) is 0 Å². The van der Waals surface area contributed by atoms with Crippen LogP contribution in [0.1, 0.15) is 18.4 Å². The normalized spacial score (nSPS) is 13.0. The molecule has 0 saturated heterocycles. The van der Waals surface area contributed by atoms with Gasteiger partial charge in [0.1, 0.15) is 0 Å². The molecule has 3 heteroatoms. The van der Waals surface area contributed by atoms with E-state index in [4.69, 9.17) is 5.73 Å². The molecule has 1 unspecified atom stereocenters. The second kappa shape index (κ2) is 6.86. The molecule has 0 bridgehead atoms. The van der Waals surface area contributed by atoms with Crippen molar-refractivity contribution in [3.8, 4) is 0 Å². The first kappa shape index (κ1) is 13.5. The Morgan fingerprint density at radius 3 is 2.89 bits per heavy atom. The highest BCUT2D eigenvalue weighted by atomic mass is 32.2. The van der Waals surface area contributed by atoms with Gasteiger partial charge in [-0.15, -0.1) is 0 Å². The molecule has 0 radical (unpaired) electrons. The van der Waals surface area contributed by atoms with Crippen molar-refractivity contribution >= 4 is 22.7 Å². The van der Waals surface area contributed by atoms with E-state index >= 15 is 0 Å². The van der Waals surface area contributed by atoms with Gasteiger partial charge in [-0.3, -0.25) is 0 Å². The molecule has 2 aromatic rings. The first-order valence-corrected chi connectivity index (χ1v) is 7.98. The van der Waals surface area contributed by atoms with Crippen LogP contribution in [0.25, 0.3) is 10.9 Å². The quantitative estimate of drug-likeness (QED) is 0.802. The van der Waals surface area contributed by atoms with E-state index in [1.165, 1.54) is 28.6 Å². The summed E-state index contributed by atoms with van der Waals surface area (Å²) < 4.78 is 0. The number of H-pyrrole nitrogens is 1. The van der Waals surface area contributed by atoms with Gasteiger partial charge in [0, 0.05) is 17.1 Å². The third-order valence-electron chi connectivity index (χ3n) is 3.49. The molecule has 0 amide bonds. The summed E-state index contributed by atoms with van der Waals surface area (Å²) in [4.78, 5) is 3.36. The molecule has 98 valence electrons. The van der Waals surface area contributed by atoms with Gasteiger partial charge >= 0.3 is 0 Å². The topological polar surface area (TPSA) is 41.8 Å². The Morgan fingerprint density at radius 2 is 2.11 bits per heavy atom. The maximum Gasteiger partial charge on any atom is 0.0456 e. The van der Waals surface area contributed by atoms with Crippen LogP contribution in [0.4, 0.5) is 0 Å². The molecule has 2 rings (SSSR count). The van der Waals surface area contributed by atoms with Crippen molar-refractivity contribution in [2.24, 2.45) is 11.7 Å². The lowest BCUT2D eigenvalue weighted by Gasteiger charge is -2.14. The SMILES string of the molecule is CSCCC(CCN)Cc1c[nH]c2ccccc12. The largest absolute Gasteiger partial charge is 0.361 e. The predicted molar refractivity (Wildman–Crippen MR) is 82.2 cm³/mol. The summed E-state index contributed by atoms with van der Waals surface area (Å²) >= 11 is 1.92. The number of thioether (sulfide) groups is 1. The van der Waals surface area contributed by atoms with E-state index in [-0.39, 0.29) is 0 Å². The van der Waals surface area contributed by atoms with E-state index in [1.807, 2.05) is 11.8 Å².